The number of ether oxygens (including phenoxy) is 1. The van der Waals surface area contributed by atoms with Crippen molar-refractivity contribution in [2.45, 2.75) is 6.92 Å². The Morgan fingerprint density at radius 3 is 2.76 bits per heavy atom. The lowest BCUT2D eigenvalue weighted by Crippen LogP contribution is -2.21. The Kier molecular flexibility index (Phi) is 5.57. The van der Waals surface area contributed by atoms with Crippen LogP contribution in [0.4, 0.5) is 11.4 Å². The number of carbonyl (C=O) groups excluding carboxylic acids is 1. The molecular formula is C15H16BrN3O2. The van der Waals surface area contributed by atoms with E-state index in [0.29, 0.717) is 12.5 Å². The third kappa shape index (κ3) is 4.75. The number of anilines is 2. The molecule has 0 aliphatic rings. The fourth-order valence-electron chi connectivity index (χ4n) is 1.66. The number of para-hydroxylation sites is 1. The van der Waals surface area contributed by atoms with Crippen LogP contribution in [0.1, 0.15) is 6.92 Å². The van der Waals surface area contributed by atoms with Gasteiger partial charge in [0.25, 0.3) is 0 Å². The average Bonchev–Trinajstić information content (AvgIpc) is 2.49. The molecule has 0 aliphatic carbocycles. The third-order valence-electron chi connectivity index (χ3n) is 2.63. The van der Waals surface area contributed by atoms with Crippen molar-refractivity contribution in [3.8, 4) is 5.88 Å². The summed E-state index contributed by atoms with van der Waals surface area (Å²) in [5.74, 6) is 0.441. The van der Waals surface area contributed by atoms with Crippen molar-refractivity contribution in [2.75, 3.05) is 23.8 Å². The molecule has 0 bridgehead atoms. The van der Waals surface area contributed by atoms with Crippen LogP contribution in [0.2, 0.25) is 0 Å². The molecule has 110 valence electrons. The predicted molar refractivity (Wildman–Crippen MR) is 86.7 cm³/mol. The van der Waals surface area contributed by atoms with Crippen LogP contribution in [0.5, 0.6) is 5.88 Å². The second-order valence-corrected chi connectivity index (χ2v) is 5.05. The Balaban J connectivity index is 1.85. The summed E-state index contributed by atoms with van der Waals surface area (Å²) < 4.78 is 6.10. The standard InChI is InChI=1S/C15H16BrN3O2/c1-2-21-15-8-7-11(9-18-15)17-10-14(20)19-13-6-4-3-5-12(13)16/h3-9,17H,2,10H2,1H3,(H,19,20). The van der Waals surface area contributed by atoms with E-state index in [1.54, 1.807) is 12.3 Å². The second kappa shape index (κ2) is 7.64. The topological polar surface area (TPSA) is 63.2 Å². The quantitative estimate of drug-likeness (QED) is 0.839. The van der Waals surface area contributed by atoms with Crippen molar-refractivity contribution in [1.82, 2.24) is 4.98 Å². The molecule has 1 aromatic carbocycles. The van der Waals surface area contributed by atoms with Gasteiger partial charge in [0.05, 0.1) is 30.7 Å². The van der Waals surface area contributed by atoms with Gasteiger partial charge < -0.3 is 15.4 Å². The van der Waals surface area contributed by atoms with Gasteiger partial charge in [-0.15, -0.1) is 0 Å². The first-order valence-electron chi connectivity index (χ1n) is 6.56. The van der Waals surface area contributed by atoms with E-state index in [9.17, 15) is 4.79 Å². The van der Waals surface area contributed by atoms with Gasteiger partial charge in [0.15, 0.2) is 0 Å². The van der Waals surface area contributed by atoms with E-state index in [0.717, 1.165) is 15.8 Å². The van der Waals surface area contributed by atoms with Crippen LogP contribution in [0.25, 0.3) is 0 Å². The third-order valence-corrected chi connectivity index (χ3v) is 3.32. The number of rotatable bonds is 6. The minimum Gasteiger partial charge on any atom is -0.478 e. The van der Waals surface area contributed by atoms with Crippen LogP contribution in [0, 0.1) is 0 Å². The normalized spacial score (nSPS) is 10.0. The summed E-state index contributed by atoms with van der Waals surface area (Å²) in [5.41, 5.74) is 1.51. The van der Waals surface area contributed by atoms with E-state index < -0.39 is 0 Å². The highest BCUT2D eigenvalue weighted by Crippen LogP contribution is 2.21. The number of nitrogens with one attached hydrogen (secondary N) is 2. The highest BCUT2D eigenvalue weighted by molar-refractivity contribution is 9.10. The molecule has 2 aromatic rings. The summed E-state index contributed by atoms with van der Waals surface area (Å²) in [6.45, 7) is 2.64. The second-order valence-electron chi connectivity index (χ2n) is 4.20. The zero-order chi connectivity index (χ0) is 15.1. The molecule has 0 unspecified atom stereocenters. The molecule has 0 fully saturated rings. The smallest absolute Gasteiger partial charge is 0.243 e. The van der Waals surface area contributed by atoms with Crippen molar-refractivity contribution in [2.24, 2.45) is 0 Å². The summed E-state index contributed by atoms with van der Waals surface area (Å²) in [4.78, 5) is 16.0. The minimum absolute atomic E-state index is 0.129. The lowest BCUT2D eigenvalue weighted by molar-refractivity contribution is -0.114. The number of halogens is 1. The van der Waals surface area contributed by atoms with Gasteiger partial charge in [0, 0.05) is 10.5 Å². The summed E-state index contributed by atoms with van der Waals surface area (Å²) in [5, 5.41) is 5.83. The maximum atomic E-state index is 11.9. The van der Waals surface area contributed by atoms with Gasteiger partial charge in [0.2, 0.25) is 11.8 Å². The monoisotopic (exact) mass is 349 g/mol. The van der Waals surface area contributed by atoms with Gasteiger partial charge in [-0.3, -0.25) is 4.79 Å². The number of hydrogen-bond acceptors (Lipinski definition) is 4. The molecule has 0 radical (unpaired) electrons. The Morgan fingerprint density at radius 2 is 2.10 bits per heavy atom. The molecule has 21 heavy (non-hydrogen) atoms. The summed E-state index contributed by atoms with van der Waals surface area (Å²) in [7, 11) is 0. The minimum atomic E-state index is -0.129. The van der Waals surface area contributed by atoms with E-state index in [1.807, 2.05) is 37.3 Å². The van der Waals surface area contributed by atoms with Crippen molar-refractivity contribution < 1.29 is 9.53 Å². The van der Waals surface area contributed by atoms with E-state index in [2.05, 4.69) is 31.5 Å². The number of benzene rings is 1. The molecule has 0 spiro atoms. The van der Waals surface area contributed by atoms with Crippen molar-refractivity contribution >= 4 is 33.2 Å². The molecule has 0 atom stereocenters. The van der Waals surface area contributed by atoms with E-state index in [4.69, 9.17) is 4.74 Å². The number of nitrogens with zero attached hydrogens (tertiary/aromatic N) is 1. The fraction of sp³-hybridized carbons (Fsp3) is 0.200. The van der Waals surface area contributed by atoms with Crippen LogP contribution in [0.15, 0.2) is 47.1 Å². The van der Waals surface area contributed by atoms with Gasteiger partial charge in [-0.05, 0) is 41.1 Å². The molecule has 2 rings (SSSR count). The molecule has 1 heterocycles. The van der Waals surface area contributed by atoms with Gasteiger partial charge in [0.1, 0.15) is 0 Å². The summed E-state index contributed by atoms with van der Waals surface area (Å²) in [6, 6.07) is 11.1. The molecular weight excluding hydrogens is 334 g/mol. The van der Waals surface area contributed by atoms with Gasteiger partial charge in [-0.1, -0.05) is 12.1 Å². The Hall–Kier alpha value is -2.08. The van der Waals surface area contributed by atoms with Crippen LogP contribution in [0.3, 0.4) is 0 Å². The molecule has 1 amide bonds. The molecule has 5 nitrogen and oxygen atoms in total. The molecule has 2 N–H and O–H groups in total. The zero-order valence-corrected chi connectivity index (χ0v) is 13.2. The van der Waals surface area contributed by atoms with Crippen LogP contribution in [-0.2, 0) is 4.79 Å². The molecule has 0 aliphatic heterocycles. The molecule has 0 saturated heterocycles. The first-order valence-corrected chi connectivity index (χ1v) is 7.35. The number of pyridine rings is 1. The predicted octanol–water partition coefficient (Wildman–Crippen LogP) is 3.29. The zero-order valence-electron chi connectivity index (χ0n) is 11.6. The largest absolute Gasteiger partial charge is 0.478 e. The number of carbonyl (C=O) groups is 1. The lowest BCUT2D eigenvalue weighted by atomic mass is 10.3. The van der Waals surface area contributed by atoms with Crippen LogP contribution in [-0.4, -0.2) is 24.0 Å². The number of aromatic nitrogens is 1. The van der Waals surface area contributed by atoms with Gasteiger partial charge >= 0.3 is 0 Å². The number of hydrogen-bond donors (Lipinski definition) is 2. The Bertz CT molecular complexity index is 602. The van der Waals surface area contributed by atoms with E-state index in [-0.39, 0.29) is 12.5 Å². The van der Waals surface area contributed by atoms with Crippen molar-refractivity contribution in [3.05, 3.63) is 47.1 Å². The fourth-order valence-corrected chi connectivity index (χ4v) is 2.04. The van der Waals surface area contributed by atoms with Crippen LogP contribution < -0.4 is 15.4 Å². The molecule has 6 heteroatoms. The molecule has 1 aromatic heterocycles. The first kappa shape index (κ1) is 15.3. The van der Waals surface area contributed by atoms with Crippen molar-refractivity contribution in [3.63, 3.8) is 0 Å². The average molecular weight is 350 g/mol. The molecule has 0 saturated carbocycles. The van der Waals surface area contributed by atoms with Crippen molar-refractivity contribution in [1.29, 1.82) is 0 Å². The summed E-state index contributed by atoms with van der Waals surface area (Å²) in [6.07, 6.45) is 1.64. The van der Waals surface area contributed by atoms with Crippen LogP contribution >= 0.6 is 15.9 Å². The maximum absolute atomic E-state index is 11.9. The van der Waals surface area contributed by atoms with Gasteiger partial charge in [-0.25, -0.2) is 4.98 Å². The SMILES string of the molecule is CCOc1ccc(NCC(=O)Nc2ccccc2Br)cn1. The Morgan fingerprint density at radius 1 is 1.29 bits per heavy atom. The lowest BCUT2D eigenvalue weighted by Gasteiger charge is -2.09. The van der Waals surface area contributed by atoms with E-state index in [1.165, 1.54) is 0 Å². The Labute approximate surface area is 131 Å². The highest BCUT2D eigenvalue weighted by atomic mass is 79.9. The summed E-state index contributed by atoms with van der Waals surface area (Å²) >= 11 is 3.38. The first-order chi connectivity index (χ1) is 10.2. The van der Waals surface area contributed by atoms with Gasteiger partial charge in [-0.2, -0.15) is 0 Å². The van der Waals surface area contributed by atoms with E-state index >= 15 is 0 Å². The highest BCUT2D eigenvalue weighted by Gasteiger charge is 2.05. The maximum Gasteiger partial charge on any atom is 0.243 e. The number of amides is 1.